The number of aromatic hydroxyl groups is 1. The first-order chi connectivity index (χ1) is 11.8. The number of hydrogen-bond donors (Lipinski definition) is 2. The maximum absolute atomic E-state index is 11.8. The summed E-state index contributed by atoms with van der Waals surface area (Å²) in [6.45, 7) is 5.35. The first-order valence-corrected chi connectivity index (χ1v) is 8.65. The molecule has 0 saturated heterocycles. The number of carbonyl (C=O) groups is 1. The fourth-order valence-electron chi connectivity index (χ4n) is 2.20. The van der Waals surface area contributed by atoms with E-state index in [2.05, 4.69) is 26.5 Å². The molecule has 2 N–H and O–H groups in total. The van der Waals surface area contributed by atoms with Gasteiger partial charge in [-0.25, -0.2) is 5.43 Å². The number of aryl methyl sites for hydroxylation is 3. The molecule has 7 heteroatoms. The summed E-state index contributed by atoms with van der Waals surface area (Å²) in [5, 5.41) is 14.5. The van der Waals surface area contributed by atoms with E-state index >= 15 is 0 Å². The van der Waals surface area contributed by atoms with Gasteiger partial charge in [0.1, 0.15) is 11.5 Å². The Morgan fingerprint density at radius 3 is 2.52 bits per heavy atom. The van der Waals surface area contributed by atoms with E-state index in [0.29, 0.717) is 21.9 Å². The van der Waals surface area contributed by atoms with Crippen LogP contribution in [0.1, 0.15) is 22.3 Å². The highest BCUT2D eigenvalue weighted by Crippen LogP contribution is 2.26. The minimum Gasteiger partial charge on any atom is -0.507 e. The van der Waals surface area contributed by atoms with Crippen LogP contribution in [-0.2, 0) is 4.79 Å². The van der Waals surface area contributed by atoms with Crippen LogP contribution in [0.15, 0.2) is 33.8 Å². The topological polar surface area (TPSA) is 70.9 Å². The minimum absolute atomic E-state index is 0.115. The zero-order valence-corrected chi connectivity index (χ0v) is 16.4. The molecule has 0 fully saturated rings. The molecule has 0 aromatic heterocycles. The molecule has 132 valence electrons. The zero-order chi connectivity index (χ0) is 18.6. The molecule has 0 radical (unpaired) electrons. The van der Waals surface area contributed by atoms with Crippen molar-refractivity contribution in [2.45, 2.75) is 20.8 Å². The van der Waals surface area contributed by atoms with Crippen LogP contribution in [0.4, 0.5) is 0 Å². The summed E-state index contributed by atoms with van der Waals surface area (Å²) >= 11 is 9.44. The van der Waals surface area contributed by atoms with Crippen LogP contribution in [0.2, 0.25) is 5.02 Å². The molecule has 0 saturated carbocycles. The molecule has 0 aliphatic rings. The average molecular weight is 426 g/mol. The summed E-state index contributed by atoms with van der Waals surface area (Å²) in [7, 11) is 0. The Hall–Kier alpha value is -2.05. The second-order valence-corrected chi connectivity index (χ2v) is 6.91. The summed E-state index contributed by atoms with van der Waals surface area (Å²) in [4.78, 5) is 11.8. The largest absolute Gasteiger partial charge is 0.507 e. The highest BCUT2D eigenvalue weighted by atomic mass is 79.9. The molecule has 5 nitrogen and oxygen atoms in total. The number of ether oxygens (including phenoxy) is 1. The van der Waals surface area contributed by atoms with Crippen molar-refractivity contribution in [2.75, 3.05) is 6.61 Å². The molecular weight excluding hydrogens is 408 g/mol. The highest BCUT2D eigenvalue weighted by molar-refractivity contribution is 9.10. The highest BCUT2D eigenvalue weighted by Gasteiger charge is 2.07. The summed E-state index contributed by atoms with van der Waals surface area (Å²) in [6.07, 6.45) is 1.38. The van der Waals surface area contributed by atoms with Crippen LogP contribution in [0.25, 0.3) is 0 Å². The Balaban J connectivity index is 1.93. The second-order valence-electron chi connectivity index (χ2n) is 5.61. The van der Waals surface area contributed by atoms with Crippen molar-refractivity contribution in [3.63, 3.8) is 0 Å². The maximum Gasteiger partial charge on any atom is 0.277 e. The Morgan fingerprint density at radius 2 is 1.88 bits per heavy atom. The Labute approximate surface area is 159 Å². The van der Waals surface area contributed by atoms with Crippen LogP contribution < -0.4 is 10.2 Å². The van der Waals surface area contributed by atoms with Gasteiger partial charge in [0.2, 0.25) is 0 Å². The molecular formula is C18H18BrClN2O3. The Kier molecular flexibility index (Phi) is 6.45. The number of rotatable bonds is 5. The lowest BCUT2D eigenvalue weighted by Crippen LogP contribution is -2.24. The monoisotopic (exact) mass is 424 g/mol. The van der Waals surface area contributed by atoms with Gasteiger partial charge in [0.25, 0.3) is 5.91 Å². The quantitative estimate of drug-likeness (QED) is 0.555. The SMILES string of the molecule is Cc1cc(Br)cc(/C=N\NC(=O)COc2cc(C)c(Cl)c(C)c2)c1O. The Bertz CT molecular complexity index is 814. The lowest BCUT2D eigenvalue weighted by molar-refractivity contribution is -0.123. The van der Waals surface area contributed by atoms with Gasteiger partial charge in [0.05, 0.1) is 6.21 Å². The normalized spacial score (nSPS) is 10.9. The number of hydrogen-bond acceptors (Lipinski definition) is 4. The van der Waals surface area contributed by atoms with Gasteiger partial charge >= 0.3 is 0 Å². The molecule has 2 aromatic rings. The number of benzene rings is 2. The van der Waals surface area contributed by atoms with Crippen LogP contribution >= 0.6 is 27.5 Å². The predicted octanol–water partition coefficient (Wildman–Crippen LogP) is 4.26. The zero-order valence-electron chi connectivity index (χ0n) is 14.1. The summed E-state index contributed by atoms with van der Waals surface area (Å²) in [6, 6.07) is 7.03. The lowest BCUT2D eigenvalue weighted by Gasteiger charge is -2.09. The average Bonchev–Trinajstić information content (AvgIpc) is 2.54. The van der Waals surface area contributed by atoms with E-state index in [4.69, 9.17) is 16.3 Å². The first kappa shape index (κ1) is 19.3. The van der Waals surface area contributed by atoms with Gasteiger partial charge in [-0.05, 0) is 61.7 Å². The molecule has 0 heterocycles. The van der Waals surface area contributed by atoms with Gasteiger partial charge in [-0.3, -0.25) is 4.79 Å². The third-order valence-corrected chi connectivity index (χ3v) is 4.52. The van der Waals surface area contributed by atoms with Crippen molar-refractivity contribution in [2.24, 2.45) is 5.10 Å². The molecule has 0 atom stereocenters. The van der Waals surface area contributed by atoms with E-state index in [0.717, 1.165) is 15.6 Å². The number of phenolic OH excluding ortho intramolecular Hbond substituents is 1. The minimum atomic E-state index is -0.410. The van der Waals surface area contributed by atoms with Crippen LogP contribution in [0, 0.1) is 20.8 Å². The van der Waals surface area contributed by atoms with Crippen molar-refractivity contribution in [3.8, 4) is 11.5 Å². The van der Waals surface area contributed by atoms with Crippen LogP contribution in [-0.4, -0.2) is 23.8 Å². The molecule has 0 unspecified atom stereocenters. The molecule has 0 aliphatic carbocycles. The third kappa shape index (κ3) is 5.21. The molecule has 2 rings (SSSR count). The van der Waals surface area contributed by atoms with Crippen molar-refractivity contribution < 1.29 is 14.6 Å². The lowest BCUT2D eigenvalue weighted by atomic mass is 10.1. The number of phenols is 1. The molecule has 2 aromatic carbocycles. The number of carbonyl (C=O) groups excluding carboxylic acids is 1. The molecule has 25 heavy (non-hydrogen) atoms. The van der Waals surface area contributed by atoms with E-state index in [1.54, 1.807) is 31.2 Å². The fourth-order valence-corrected chi connectivity index (χ4v) is 2.90. The summed E-state index contributed by atoms with van der Waals surface area (Å²) in [5.74, 6) is 0.274. The van der Waals surface area contributed by atoms with E-state index in [9.17, 15) is 9.90 Å². The number of amides is 1. The van der Waals surface area contributed by atoms with Gasteiger partial charge in [-0.2, -0.15) is 5.10 Å². The summed E-state index contributed by atoms with van der Waals surface area (Å²) in [5.41, 5.74) is 5.34. The van der Waals surface area contributed by atoms with E-state index in [1.807, 2.05) is 13.8 Å². The smallest absolute Gasteiger partial charge is 0.277 e. The van der Waals surface area contributed by atoms with Crippen molar-refractivity contribution in [1.82, 2.24) is 5.43 Å². The van der Waals surface area contributed by atoms with Crippen molar-refractivity contribution in [3.05, 3.63) is 56.0 Å². The fraction of sp³-hybridized carbons (Fsp3) is 0.222. The van der Waals surface area contributed by atoms with Gasteiger partial charge in [0, 0.05) is 15.1 Å². The van der Waals surface area contributed by atoms with Crippen molar-refractivity contribution >= 4 is 39.7 Å². The molecule has 0 bridgehead atoms. The number of hydrazone groups is 1. The van der Waals surface area contributed by atoms with E-state index < -0.39 is 5.91 Å². The molecule has 0 aliphatic heterocycles. The number of nitrogens with one attached hydrogen (secondary N) is 1. The molecule has 0 spiro atoms. The predicted molar refractivity (Wildman–Crippen MR) is 103 cm³/mol. The Morgan fingerprint density at radius 1 is 1.24 bits per heavy atom. The summed E-state index contributed by atoms with van der Waals surface area (Å²) < 4.78 is 6.26. The van der Waals surface area contributed by atoms with Gasteiger partial charge in [-0.15, -0.1) is 0 Å². The number of nitrogens with zero attached hydrogens (tertiary/aromatic N) is 1. The van der Waals surface area contributed by atoms with Gasteiger partial charge in [0.15, 0.2) is 6.61 Å². The third-order valence-electron chi connectivity index (χ3n) is 3.47. The van der Waals surface area contributed by atoms with Gasteiger partial charge in [-0.1, -0.05) is 27.5 Å². The number of halogens is 2. The van der Waals surface area contributed by atoms with Gasteiger partial charge < -0.3 is 9.84 Å². The first-order valence-electron chi connectivity index (χ1n) is 7.48. The van der Waals surface area contributed by atoms with E-state index in [1.165, 1.54) is 6.21 Å². The van der Waals surface area contributed by atoms with Crippen molar-refractivity contribution in [1.29, 1.82) is 0 Å². The standard InChI is InChI=1S/C18H18BrClN2O3/c1-10-5-15(6-11(2)17(10)20)25-9-16(23)22-21-8-13-7-14(19)4-12(3)18(13)24/h4-8,24H,9H2,1-3H3,(H,22,23)/b21-8-. The second kappa shape index (κ2) is 8.36. The molecule has 1 amide bonds. The van der Waals surface area contributed by atoms with E-state index in [-0.39, 0.29) is 12.4 Å². The maximum atomic E-state index is 11.8. The van der Waals surface area contributed by atoms with Crippen LogP contribution in [0.5, 0.6) is 11.5 Å². The van der Waals surface area contributed by atoms with Crippen LogP contribution in [0.3, 0.4) is 0 Å².